The van der Waals surface area contributed by atoms with Crippen molar-refractivity contribution in [1.82, 2.24) is 0 Å². The van der Waals surface area contributed by atoms with Gasteiger partial charge in [-0.05, 0) is 107 Å². The van der Waals surface area contributed by atoms with Gasteiger partial charge in [0.1, 0.15) is 151 Å². The molecular formula is C67H108O34. The highest BCUT2D eigenvalue weighted by Gasteiger charge is 2.87. The van der Waals surface area contributed by atoms with Crippen LogP contribution in [0.1, 0.15) is 107 Å². The Hall–Kier alpha value is -2.07. The van der Waals surface area contributed by atoms with E-state index >= 15 is 0 Å². The number of esters is 1. The molecule has 12 aliphatic rings. The van der Waals surface area contributed by atoms with Crippen LogP contribution in [0.5, 0.6) is 0 Å². The van der Waals surface area contributed by atoms with Crippen LogP contribution in [-0.4, -0.2) is 353 Å². The second-order valence-corrected chi connectivity index (χ2v) is 31.8. The van der Waals surface area contributed by atoms with E-state index in [1.807, 2.05) is 34.6 Å². The summed E-state index contributed by atoms with van der Waals surface area (Å²) < 4.78 is 96.4. The summed E-state index contributed by atoms with van der Waals surface area (Å²) >= 11 is 0. The third kappa shape index (κ3) is 12.6. The van der Waals surface area contributed by atoms with Crippen molar-refractivity contribution in [3.8, 4) is 0 Å². The van der Waals surface area contributed by atoms with E-state index in [2.05, 4.69) is 6.92 Å². The minimum Gasteiger partial charge on any atom is -0.453 e. The Kier molecular flexibility index (Phi) is 22.6. The number of aliphatic hydroxyl groups is 17. The van der Waals surface area contributed by atoms with Crippen LogP contribution in [0.15, 0.2) is 11.6 Å². The van der Waals surface area contributed by atoms with E-state index in [1.165, 1.54) is 21.1 Å². The zero-order chi connectivity index (χ0) is 73.5. The molecule has 34 nitrogen and oxygen atoms in total. The van der Waals surface area contributed by atoms with Gasteiger partial charge in [-0.2, -0.15) is 0 Å². The second-order valence-electron chi connectivity index (χ2n) is 31.8. The van der Waals surface area contributed by atoms with Crippen molar-refractivity contribution >= 4 is 5.97 Å². The fraction of sp³-hybridized carbons (Fsp3) is 0.955. The van der Waals surface area contributed by atoms with Crippen molar-refractivity contribution in [2.75, 3.05) is 47.3 Å². The summed E-state index contributed by atoms with van der Waals surface area (Å²) in [5.41, 5.74) is -6.79. The first-order valence-corrected chi connectivity index (χ1v) is 35.4. The van der Waals surface area contributed by atoms with E-state index in [0.717, 1.165) is 5.57 Å². The maximum atomic E-state index is 14.8. The van der Waals surface area contributed by atoms with Gasteiger partial charge in [-0.3, -0.25) is 4.79 Å². The Bertz CT molecular complexity index is 2900. The van der Waals surface area contributed by atoms with Gasteiger partial charge in [0, 0.05) is 14.2 Å². The molecule has 17 N–H and O–H groups in total. The lowest BCUT2D eigenvalue weighted by atomic mass is 9.40. The summed E-state index contributed by atoms with van der Waals surface area (Å²) in [4.78, 5) is 14.8. The topological polar surface area (TPSA) is 509 Å². The number of hydrogen-bond acceptors (Lipinski definition) is 34. The lowest BCUT2D eigenvalue weighted by Gasteiger charge is -2.64. The molecule has 0 amide bonds. The molecule has 0 radical (unpaired) electrons. The zero-order valence-corrected chi connectivity index (χ0v) is 58.4. The van der Waals surface area contributed by atoms with Crippen molar-refractivity contribution in [1.29, 1.82) is 0 Å². The standard InChI is InChI=1S/C67H108O34/c1-25-48(96-58-47(83)52(39(75)30(22-70)92-58)98-57-46(82)51(87-10)38(74)29(21-69)91-57)41(77)43(79)54(89-25)99-53-40(76)32(94-55-44(80)42(78)49(31(23-71)93-55)97-56-45(81)50(86-9)37(73)28(20-68)90-56)24-88-59(53)95-35-14-16-63(6)27-19-34(72)67-60(84)101-65(8,36-13-15-61(2,3)100-36)66(67,85)18-17-64(67,7)26(27)11-12-33(63)62(35,4)5/h19,25-26,28-59,68-83,85H,11-18,20-24H2,1-10H3/t25-,26-,28-,29-,30-,31-,32-,33+,34-,35+,36?,37-,38-,39-,40+,41-,42-,43-,44-,45-,46-,47-,48-,49-,50+,51+,52+,53-,54+,55+,56+,57+,58+,59+,63-,64+,65+,66+,67-/m1/s1. The number of carbonyl (C=O) groups excluding carboxylic acids is 1. The van der Waals surface area contributed by atoms with Crippen molar-refractivity contribution in [3.05, 3.63) is 11.6 Å². The van der Waals surface area contributed by atoms with Crippen molar-refractivity contribution in [2.24, 2.45) is 33.5 Å². The highest BCUT2D eigenvalue weighted by Crippen LogP contribution is 2.77. The first-order valence-electron chi connectivity index (χ1n) is 35.4. The first kappa shape index (κ1) is 78.5. The van der Waals surface area contributed by atoms with Crippen LogP contribution >= 0.6 is 0 Å². The summed E-state index contributed by atoms with van der Waals surface area (Å²) in [5, 5.41) is 193. The number of hydrogen-bond donors (Lipinski definition) is 17. The smallest absolute Gasteiger partial charge is 0.319 e. The molecule has 4 aliphatic carbocycles. The van der Waals surface area contributed by atoms with E-state index in [0.29, 0.717) is 44.9 Å². The number of fused-ring (bicyclic) bond motifs is 4. The van der Waals surface area contributed by atoms with Crippen molar-refractivity contribution < 1.29 is 167 Å². The van der Waals surface area contributed by atoms with Gasteiger partial charge in [-0.15, -0.1) is 0 Å². The highest BCUT2D eigenvalue weighted by molar-refractivity contribution is 5.86. The zero-order valence-electron chi connectivity index (χ0n) is 58.4. The minimum atomic E-state index is -2.10. The quantitative estimate of drug-likeness (QED) is 0.0325. The number of ether oxygens (including phenoxy) is 16. The van der Waals surface area contributed by atoms with Gasteiger partial charge in [0.2, 0.25) is 0 Å². The largest absolute Gasteiger partial charge is 0.453 e. The van der Waals surface area contributed by atoms with Crippen LogP contribution in [0.2, 0.25) is 0 Å². The molecule has 1 spiro atoms. The maximum Gasteiger partial charge on any atom is 0.319 e. The van der Waals surface area contributed by atoms with Gasteiger partial charge >= 0.3 is 5.97 Å². The summed E-state index contributed by atoms with van der Waals surface area (Å²) in [6.45, 7) is 11.5. The van der Waals surface area contributed by atoms with Crippen molar-refractivity contribution in [3.63, 3.8) is 0 Å². The molecule has 8 heterocycles. The molecule has 0 bridgehead atoms. The van der Waals surface area contributed by atoms with Crippen LogP contribution < -0.4 is 0 Å². The first-order chi connectivity index (χ1) is 47.5. The summed E-state index contributed by atoms with van der Waals surface area (Å²) in [7, 11) is 2.36. The van der Waals surface area contributed by atoms with Gasteiger partial charge in [0.15, 0.2) is 43.3 Å². The molecule has 12 rings (SSSR count). The normalized spacial score (nSPS) is 54.8. The lowest BCUT2D eigenvalue weighted by Crippen LogP contribution is -2.69. The molecule has 101 heavy (non-hydrogen) atoms. The van der Waals surface area contributed by atoms with Gasteiger partial charge in [-0.25, -0.2) is 0 Å². The molecule has 0 aromatic heterocycles. The third-order valence-corrected chi connectivity index (χ3v) is 25.6. The molecule has 8 saturated heterocycles. The Labute approximate surface area is 584 Å². The fourth-order valence-electron chi connectivity index (χ4n) is 20.0. The number of allylic oxidation sites excluding steroid dienone is 1. The van der Waals surface area contributed by atoms with E-state index in [9.17, 15) is 91.6 Å². The van der Waals surface area contributed by atoms with Crippen LogP contribution in [0.4, 0.5) is 0 Å². The molecule has 0 aromatic rings. The molecule has 34 heteroatoms. The molecule has 1 unspecified atom stereocenters. The summed E-state index contributed by atoms with van der Waals surface area (Å²) in [5.74, 6) is -1.07. The van der Waals surface area contributed by atoms with E-state index in [4.69, 9.17) is 75.8 Å². The lowest BCUT2D eigenvalue weighted by molar-refractivity contribution is -0.397. The van der Waals surface area contributed by atoms with Crippen molar-refractivity contribution in [2.45, 2.75) is 320 Å². The number of cyclic esters (lactones) is 1. The predicted octanol–water partition coefficient (Wildman–Crippen LogP) is -5.79. The van der Waals surface area contributed by atoms with E-state index < -0.39 is 274 Å². The molecule has 39 atom stereocenters. The number of carbonyl (C=O) groups is 1. The van der Waals surface area contributed by atoms with Gasteiger partial charge in [-0.1, -0.05) is 39.3 Å². The van der Waals surface area contributed by atoms with Gasteiger partial charge < -0.3 is 163 Å². The fourth-order valence-corrected chi connectivity index (χ4v) is 20.0. The third-order valence-electron chi connectivity index (χ3n) is 25.6. The Morgan fingerprint density at radius 2 is 0.980 bits per heavy atom. The highest BCUT2D eigenvalue weighted by atomic mass is 16.8. The van der Waals surface area contributed by atoms with Crippen LogP contribution in [0, 0.1) is 33.5 Å². The maximum absolute atomic E-state index is 14.8. The van der Waals surface area contributed by atoms with Crippen LogP contribution in [-0.2, 0) is 80.6 Å². The molecule has 11 fully saturated rings. The molecule has 3 saturated carbocycles. The molecule has 580 valence electrons. The number of aliphatic hydroxyl groups excluding tert-OH is 16. The van der Waals surface area contributed by atoms with Gasteiger partial charge in [0.25, 0.3) is 0 Å². The molecular weight excluding hydrogens is 1350 g/mol. The SMILES string of the molecule is CO[C@@H]1[C@@H](O)[C@H](O[C@@H]2[C@@H](O)[C@H](O[C@H]3[C@H](O)[C@@H](O)[C@H](O[C@H]4[C@H](O[C@H]5CC[C@]6(C)C7=C[C@@H](O)[C@]89C(=O)O[C@@](C)(C%10CCC(C)(C)O%10)[C@@]8(O)CC[C@@]9(C)[C@@H]7CC[C@H]6C5(C)C)OC[C@@H](O[C@@H]5O[C@H](CO)[C@@H](O[C@@H]6O[C@H](CO)[C@@H](O)[C@H](OC)[C@H]6O)[C@H](O)[C@H]5O)[C@@H]4O)O[C@@H]3C)O[C@H](CO)[C@H]2O)O[C@H](CO)[C@H]1O. The van der Waals surface area contributed by atoms with Crippen LogP contribution in [0.3, 0.4) is 0 Å². The average Bonchev–Trinajstić information content (AvgIpc) is 1.48. The summed E-state index contributed by atoms with van der Waals surface area (Å²) in [6, 6.07) is 0. The number of methoxy groups -OCH3 is 2. The van der Waals surface area contributed by atoms with E-state index in [-0.39, 0.29) is 18.3 Å². The monoisotopic (exact) mass is 1460 g/mol. The minimum absolute atomic E-state index is 0.176. The Balaban J connectivity index is 0.786. The predicted molar refractivity (Wildman–Crippen MR) is 333 cm³/mol. The average molecular weight is 1460 g/mol. The molecule has 0 aromatic carbocycles. The summed E-state index contributed by atoms with van der Waals surface area (Å²) in [6.07, 6.45) is -46.5. The Morgan fingerprint density at radius 1 is 0.485 bits per heavy atom. The van der Waals surface area contributed by atoms with Gasteiger partial charge in [0.05, 0.1) is 56.9 Å². The second kappa shape index (κ2) is 29.1. The number of rotatable bonds is 19. The Morgan fingerprint density at radius 3 is 1.52 bits per heavy atom. The van der Waals surface area contributed by atoms with E-state index in [1.54, 1.807) is 13.0 Å². The molecule has 8 aliphatic heterocycles. The van der Waals surface area contributed by atoms with Crippen LogP contribution in [0.25, 0.3) is 0 Å².